The molecule has 3 N–H and O–H groups in total. The van der Waals surface area contributed by atoms with Crippen LogP contribution in [0.25, 0.3) is 16.9 Å². The minimum Gasteiger partial charge on any atom is -0.382 e. The maximum Gasteiger partial charge on any atom is 0.254 e. The Labute approximate surface area is 148 Å². The number of carbonyl (C=O) groups excluding carboxylic acids is 1. The van der Waals surface area contributed by atoms with Gasteiger partial charge in [-0.1, -0.05) is 12.1 Å². The molecule has 8 nitrogen and oxygen atoms in total. The molecule has 4 aromatic heterocycles. The first kappa shape index (κ1) is 15.7. The van der Waals surface area contributed by atoms with Crippen LogP contribution < -0.4 is 11.1 Å². The molecule has 8 heteroatoms. The third-order valence-electron chi connectivity index (χ3n) is 3.86. The van der Waals surface area contributed by atoms with Gasteiger partial charge in [0.2, 0.25) is 0 Å². The van der Waals surface area contributed by atoms with Crippen LogP contribution in [0, 0.1) is 0 Å². The van der Waals surface area contributed by atoms with E-state index in [1.165, 1.54) is 10.7 Å². The van der Waals surface area contributed by atoms with Gasteiger partial charge in [0.1, 0.15) is 0 Å². The highest BCUT2D eigenvalue weighted by Crippen LogP contribution is 2.27. The molecule has 26 heavy (non-hydrogen) atoms. The summed E-state index contributed by atoms with van der Waals surface area (Å²) in [5, 5.41) is 7.08. The first-order valence-electron chi connectivity index (χ1n) is 7.95. The summed E-state index contributed by atoms with van der Waals surface area (Å²) in [4.78, 5) is 25.0. The van der Waals surface area contributed by atoms with Crippen molar-refractivity contribution in [2.24, 2.45) is 0 Å². The smallest absolute Gasteiger partial charge is 0.254 e. The Morgan fingerprint density at radius 1 is 1.12 bits per heavy atom. The van der Waals surface area contributed by atoms with Crippen LogP contribution in [-0.2, 0) is 6.54 Å². The van der Waals surface area contributed by atoms with E-state index in [4.69, 9.17) is 5.73 Å². The van der Waals surface area contributed by atoms with E-state index in [-0.39, 0.29) is 5.91 Å². The summed E-state index contributed by atoms with van der Waals surface area (Å²) in [6.07, 6.45) is 8.17. The third-order valence-corrected chi connectivity index (χ3v) is 3.86. The number of nitrogens with two attached hydrogens (primary N) is 1. The maximum absolute atomic E-state index is 12.4. The number of amides is 1. The Hall–Kier alpha value is -3.81. The molecule has 0 aliphatic carbocycles. The van der Waals surface area contributed by atoms with E-state index in [0.29, 0.717) is 34.8 Å². The number of anilines is 1. The quantitative estimate of drug-likeness (QED) is 0.582. The molecule has 0 saturated carbocycles. The lowest BCUT2D eigenvalue weighted by atomic mass is 10.2. The van der Waals surface area contributed by atoms with E-state index < -0.39 is 0 Å². The van der Waals surface area contributed by atoms with Crippen molar-refractivity contribution in [3.05, 3.63) is 72.4 Å². The molecular formula is C18H15N7O. The average molecular weight is 345 g/mol. The number of rotatable bonds is 4. The summed E-state index contributed by atoms with van der Waals surface area (Å²) in [6, 6.07) is 9.24. The summed E-state index contributed by atoms with van der Waals surface area (Å²) in [7, 11) is 0. The Kier molecular flexibility index (Phi) is 3.98. The van der Waals surface area contributed by atoms with Gasteiger partial charge in [0.15, 0.2) is 11.5 Å². The zero-order valence-corrected chi connectivity index (χ0v) is 13.7. The summed E-state index contributed by atoms with van der Waals surface area (Å²) in [5.74, 6) is 0.0563. The van der Waals surface area contributed by atoms with Gasteiger partial charge >= 0.3 is 0 Å². The first-order valence-corrected chi connectivity index (χ1v) is 7.95. The summed E-state index contributed by atoms with van der Waals surface area (Å²) >= 11 is 0. The second-order valence-corrected chi connectivity index (χ2v) is 5.63. The van der Waals surface area contributed by atoms with Crippen molar-refractivity contribution < 1.29 is 4.79 Å². The Morgan fingerprint density at radius 3 is 2.81 bits per heavy atom. The topological polar surface area (TPSA) is 111 Å². The van der Waals surface area contributed by atoms with Crippen molar-refractivity contribution >= 4 is 17.4 Å². The van der Waals surface area contributed by atoms with Crippen molar-refractivity contribution in [3.8, 4) is 11.3 Å². The van der Waals surface area contributed by atoms with Gasteiger partial charge in [-0.2, -0.15) is 0 Å². The maximum atomic E-state index is 12.4. The van der Waals surface area contributed by atoms with Crippen molar-refractivity contribution in [2.45, 2.75) is 6.54 Å². The molecule has 0 unspecified atom stereocenters. The van der Waals surface area contributed by atoms with Crippen molar-refractivity contribution in [1.29, 1.82) is 0 Å². The van der Waals surface area contributed by atoms with Gasteiger partial charge in [-0.05, 0) is 23.8 Å². The molecule has 1 amide bonds. The minimum atomic E-state index is -0.253. The number of nitrogens with one attached hydrogen (secondary N) is 1. The van der Waals surface area contributed by atoms with Gasteiger partial charge in [0.25, 0.3) is 5.91 Å². The molecular weight excluding hydrogens is 330 g/mol. The van der Waals surface area contributed by atoms with E-state index in [0.717, 1.165) is 5.56 Å². The highest BCUT2D eigenvalue weighted by molar-refractivity contribution is 5.94. The van der Waals surface area contributed by atoms with E-state index in [1.807, 2.05) is 30.3 Å². The largest absolute Gasteiger partial charge is 0.382 e. The highest BCUT2D eigenvalue weighted by Gasteiger charge is 2.16. The van der Waals surface area contributed by atoms with Crippen LogP contribution in [-0.4, -0.2) is 30.5 Å². The SMILES string of the molecule is Nc1nn2cc(C(=O)NCc3cccnc3)cnc2c1-c1ccccn1. The van der Waals surface area contributed by atoms with Gasteiger partial charge in [0.05, 0.1) is 16.8 Å². The number of pyridine rings is 2. The van der Waals surface area contributed by atoms with E-state index in [1.54, 1.807) is 24.8 Å². The standard InChI is InChI=1S/C18H15N7O/c19-16-15(14-5-1-2-7-21-14)17-22-10-13(11-25(17)24-16)18(26)23-9-12-4-3-6-20-8-12/h1-8,10-11H,9H2,(H2,19,24)(H,23,26). The first-order chi connectivity index (χ1) is 12.7. The van der Waals surface area contributed by atoms with Crippen LogP contribution in [0.4, 0.5) is 5.82 Å². The zero-order chi connectivity index (χ0) is 17.9. The summed E-state index contributed by atoms with van der Waals surface area (Å²) < 4.78 is 1.50. The lowest BCUT2D eigenvalue weighted by molar-refractivity contribution is 0.0950. The fourth-order valence-electron chi connectivity index (χ4n) is 2.61. The average Bonchev–Trinajstić information content (AvgIpc) is 3.02. The molecule has 0 bridgehead atoms. The van der Waals surface area contributed by atoms with Gasteiger partial charge in [0, 0.05) is 37.5 Å². The van der Waals surface area contributed by atoms with Crippen LogP contribution in [0.15, 0.2) is 61.3 Å². The molecule has 0 saturated heterocycles. The monoisotopic (exact) mass is 345 g/mol. The van der Waals surface area contributed by atoms with Crippen LogP contribution in [0.5, 0.6) is 0 Å². The van der Waals surface area contributed by atoms with E-state index in [9.17, 15) is 4.79 Å². The number of hydrogen-bond acceptors (Lipinski definition) is 6. The molecule has 4 heterocycles. The van der Waals surface area contributed by atoms with Crippen molar-refractivity contribution in [1.82, 2.24) is 29.9 Å². The number of aromatic nitrogens is 5. The fraction of sp³-hybridized carbons (Fsp3) is 0.0556. The van der Waals surface area contributed by atoms with Crippen LogP contribution in [0.3, 0.4) is 0 Å². The number of carbonyl (C=O) groups is 1. The van der Waals surface area contributed by atoms with Gasteiger partial charge in [-0.3, -0.25) is 14.8 Å². The molecule has 0 radical (unpaired) electrons. The lowest BCUT2D eigenvalue weighted by Crippen LogP contribution is -2.23. The molecule has 0 aromatic carbocycles. The normalized spacial score (nSPS) is 10.8. The van der Waals surface area contributed by atoms with Crippen molar-refractivity contribution in [3.63, 3.8) is 0 Å². The summed E-state index contributed by atoms with van der Waals surface area (Å²) in [5.41, 5.74) is 9.20. The predicted molar refractivity (Wildman–Crippen MR) is 96.0 cm³/mol. The molecule has 128 valence electrons. The van der Waals surface area contributed by atoms with Gasteiger partial charge in [-0.25, -0.2) is 9.50 Å². The number of nitrogens with zero attached hydrogens (tertiary/aromatic N) is 5. The van der Waals surface area contributed by atoms with Crippen LogP contribution >= 0.6 is 0 Å². The molecule has 4 rings (SSSR count). The second-order valence-electron chi connectivity index (χ2n) is 5.63. The predicted octanol–water partition coefficient (Wildman–Crippen LogP) is 1.70. The number of nitrogen functional groups attached to an aromatic ring is 1. The minimum absolute atomic E-state index is 0.253. The number of hydrogen-bond donors (Lipinski definition) is 2. The van der Waals surface area contributed by atoms with Crippen molar-refractivity contribution in [2.75, 3.05) is 5.73 Å². The molecule has 0 aliphatic rings. The Bertz CT molecular complexity index is 1060. The second kappa shape index (κ2) is 6.60. The third kappa shape index (κ3) is 2.95. The Morgan fingerprint density at radius 2 is 2.04 bits per heavy atom. The fourth-order valence-corrected chi connectivity index (χ4v) is 2.61. The van der Waals surface area contributed by atoms with E-state index >= 15 is 0 Å². The molecule has 0 atom stereocenters. The van der Waals surface area contributed by atoms with E-state index in [2.05, 4.69) is 25.4 Å². The zero-order valence-electron chi connectivity index (χ0n) is 13.7. The lowest BCUT2D eigenvalue weighted by Gasteiger charge is -2.05. The molecule has 4 aromatic rings. The molecule has 0 aliphatic heterocycles. The number of fused-ring (bicyclic) bond motifs is 1. The van der Waals surface area contributed by atoms with Crippen LogP contribution in [0.1, 0.15) is 15.9 Å². The summed E-state index contributed by atoms with van der Waals surface area (Å²) in [6.45, 7) is 0.380. The van der Waals surface area contributed by atoms with Gasteiger partial charge in [-0.15, -0.1) is 5.10 Å². The van der Waals surface area contributed by atoms with Gasteiger partial charge < -0.3 is 11.1 Å². The highest BCUT2D eigenvalue weighted by atomic mass is 16.1. The molecule has 0 spiro atoms. The van der Waals surface area contributed by atoms with Crippen LogP contribution in [0.2, 0.25) is 0 Å². The Balaban J connectivity index is 1.61. The molecule has 0 fully saturated rings.